The highest BCUT2D eigenvalue weighted by atomic mass is 16.5. The average molecular weight is 408 g/mol. The summed E-state index contributed by atoms with van der Waals surface area (Å²) in [5, 5.41) is 0. The smallest absolute Gasteiger partial charge is 0.275 e. The number of rotatable bonds is 9. The summed E-state index contributed by atoms with van der Waals surface area (Å²) in [5.41, 5.74) is 2.67. The first-order chi connectivity index (χ1) is 14.5. The van der Waals surface area contributed by atoms with Gasteiger partial charge in [-0.1, -0.05) is 42.5 Å². The minimum atomic E-state index is -0.136. The summed E-state index contributed by atoms with van der Waals surface area (Å²) in [7, 11) is 3.42. The summed E-state index contributed by atoms with van der Waals surface area (Å²) in [4.78, 5) is 20.7. The van der Waals surface area contributed by atoms with Crippen LogP contribution >= 0.6 is 0 Å². The fourth-order valence-corrected chi connectivity index (χ4v) is 3.27. The SMILES string of the molecule is CCN(C)C(=O)c1coc(CN(Cc2cccc(OC)c2)C(C)c2ccccc2)n1. The highest BCUT2D eigenvalue weighted by Gasteiger charge is 2.21. The van der Waals surface area contributed by atoms with Crippen molar-refractivity contribution in [2.45, 2.75) is 33.0 Å². The highest BCUT2D eigenvalue weighted by molar-refractivity contribution is 5.91. The molecule has 0 N–H and O–H groups in total. The highest BCUT2D eigenvalue weighted by Crippen LogP contribution is 2.25. The Bertz CT molecular complexity index is 955. The Balaban J connectivity index is 1.84. The van der Waals surface area contributed by atoms with Crippen molar-refractivity contribution in [2.75, 3.05) is 20.7 Å². The van der Waals surface area contributed by atoms with Crippen LogP contribution in [0.4, 0.5) is 0 Å². The van der Waals surface area contributed by atoms with Gasteiger partial charge in [-0.3, -0.25) is 9.69 Å². The van der Waals surface area contributed by atoms with E-state index in [4.69, 9.17) is 9.15 Å². The fraction of sp³-hybridized carbons (Fsp3) is 0.333. The number of aromatic nitrogens is 1. The number of amides is 1. The molecule has 0 aliphatic rings. The molecule has 1 aromatic heterocycles. The fourth-order valence-electron chi connectivity index (χ4n) is 3.27. The van der Waals surface area contributed by atoms with Crippen LogP contribution in [0, 0.1) is 0 Å². The monoisotopic (exact) mass is 407 g/mol. The van der Waals surface area contributed by atoms with Crippen molar-refractivity contribution in [3.63, 3.8) is 0 Å². The lowest BCUT2D eigenvalue weighted by molar-refractivity contribution is 0.0796. The Morgan fingerprint density at radius 3 is 2.60 bits per heavy atom. The molecule has 0 aliphatic carbocycles. The van der Waals surface area contributed by atoms with Gasteiger partial charge < -0.3 is 14.1 Å². The molecule has 0 saturated carbocycles. The standard InChI is InChI=1S/C24H29N3O3/c1-5-26(3)24(28)22-17-30-23(25-22)16-27(18(2)20-11-7-6-8-12-20)15-19-10-9-13-21(14-19)29-4/h6-14,17-18H,5,15-16H2,1-4H3. The van der Waals surface area contributed by atoms with Gasteiger partial charge in [-0.15, -0.1) is 0 Å². The normalized spacial score (nSPS) is 12.0. The number of carbonyl (C=O) groups excluding carboxylic acids is 1. The summed E-state index contributed by atoms with van der Waals surface area (Å²) in [6.45, 7) is 5.88. The number of hydrogen-bond acceptors (Lipinski definition) is 5. The molecule has 1 atom stereocenters. The third-order valence-corrected chi connectivity index (χ3v) is 5.28. The largest absolute Gasteiger partial charge is 0.497 e. The molecule has 1 heterocycles. The molecule has 3 rings (SSSR count). The van der Waals surface area contributed by atoms with Crippen molar-refractivity contribution in [1.29, 1.82) is 0 Å². The molecule has 0 saturated heterocycles. The van der Waals surface area contributed by atoms with Crippen molar-refractivity contribution in [2.24, 2.45) is 0 Å². The Morgan fingerprint density at radius 2 is 1.90 bits per heavy atom. The number of methoxy groups -OCH3 is 1. The lowest BCUT2D eigenvalue weighted by Gasteiger charge is -2.28. The first kappa shape index (κ1) is 21.6. The third kappa shape index (κ3) is 5.27. The summed E-state index contributed by atoms with van der Waals surface area (Å²) in [6, 6.07) is 18.5. The predicted molar refractivity (Wildman–Crippen MR) is 116 cm³/mol. The van der Waals surface area contributed by atoms with Gasteiger partial charge in [-0.25, -0.2) is 4.98 Å². The van der Waals surface area contributed by atoms with E-state index in [1.807, 2.05) is 43.3 Å². The topological polar surface area (TPSA) is 58.8 Å². The third-order valence-electron chi connectivity index (χ3n) is 5.28. The summed E-state index contributed by atoms with van der Waals surface area (Å²) < 4.78 is 11.0. The van der Waals surface area contributed by atoms with Crippen LogP contribution in [0.15, 0.2) is 65.3 Å². The van der Waals surface area contributed by atoms with Gasteiger partial charge in [-0.05, 0) is 37.1 Å². The minimum absolute atomic E-state index is 0.127. The van der Waals surface area contributed by atoms with E-state index in [0.717, 1.165) is 11.3 Å². The summed E-state index contributed by atoms with van der Waals surface area (Å²) in [6.07, 6.45) is 1.45. The first-order valence-corrected chi connectivity index (χ1v) is 10.1. The van der Waals surface area contributed by atoms with Crippen LogP contribution in [0.25, 0.3) is 0 Å². The second-order valence-electron chi connectivity index (χ2n) is 7.29. The number of ether oxygens (including phenoxy) is 1. The van der Waals surface area contributed by atoms with Crippen molar-refractivity contribution < 1.29 is 13.9 Å². The zero-order valence-electron chi connectivity index (χ0n) is 18.0. The molecule has 158 valence electrons. The minimum Gasteiger partial charge on any atom is -0.497 e. The Labute approximate surface area is 178 Å². The molecule has 0 fully saturated rings. The molecule has 2 aromatic carbocycles. The molecule has 0 bridgehead atoms. The maximum atomic E-state index is 12.4. The molecule has 0 radical (unpaired) electrons. The van der Waals surface area contributed by atoms with E-state index in [1.54, 1.807) is 19.1 Å². The number of nitrogens with zero attached hydrogens (tertiary/aromatic N) is 3. The molecule has 1 unspecified atom stereocenters. The number of benzene rings is 2. The van der Waals surface area contributed by atoms with E-state index in [0.29, 0.717) is 31.2 Å². The van der Waals surface area contributed by atoms with Gasteiger partial charge in [0.1, 0.15) is 12.0 Å². The summed E-state index contributed by atoms with van der Waals surface area (Å²) in [5.74, 6) is 1.21. The molecule has 1 amide bonds. The number of oxazole rings is 1. The number of carbonyl (C=O) groups is 1. The van der Waals surface area contributed by atoms with Crippen molar-refractivity contribution >= 4 is 5.91 Å². The second-order valence-corrected chi connectivity index (χ2v) is 7.29. The molecule has 6 heteroatoms. The quantitative estimate of drug-likeness (QED) is 0.521. The Hall–Kier alpha value is -3.12. The second kappa shape index (κ2) is 10.1. The average Bonchev–Trinajstić information content (AvgIpc) is 3.26. The van der Waals surface area contributed by atoms with E-state index in [-0.39, 0.29) is 11.9 Å². The molecule has 6 nitrogen and oxygen atoms in total. The number of hydrogen-bond donors (Lipinski definition) is 0. The van der Waals surface area contributed by atoms with Crippen LogP contribution in [-0.2, 0) is 13.1 Å². The van der Waals surface area contributed by atoms with E-state index in [1.165, 1.54) is 11.8 Å². The van der Waals surface area contributed by atoms with Crippen molar-refractivity contribution in [3.05, 3.63) is 83.6 Å². The van der Waals surface area contributed by atoms with E-state index in [9.17, 15) is 4.79 Å². The maximum absolute atomic E-state index is 12.4. The summed E-state index contributed by atoms with van der Waals surface area (Å²) >= 11 is 0. The molecule has 0 aliphatic heterocycles. The molecule has 3 aromatic rings. The van der Waals surface area contributed by atoms with Gasteiger partial charge in [-0.2, -0.15) is 0 Å². The van der Waals surface area contributed by atoms with Crippen LogP contribution < -0.4 is 4.74 Å². The Kier molecular flexibility index (Phi) is 7.25. The van der Waals surface area contributed by atoms with Gasteiger partial charge in [0.25, 0.3) is 5.91 Å². The Morgan fingerprint density at radius 1 is 1.13 bits per heavy atom. The lowest BCUT2D eigenvalue weighted by Crippen LogP contribution is -2.27. The zero-order valence-corrected chi connectivity index (χ0v) is 18.0. The van der Waals surface area contributed by atoms with Gasteiger partial charge in [0, 0.05) is 26.2 Å². The van der Waals surface area contributed by atoms with Gasteiger partial charge in [0.15, 0.2) is 5.69 Å². The zero-order chi connectivity index (χ0) is 21.5. The lowest BCUT2D eigenvalue weighted by atomic mass is 10.1. The van der Waals surface area contributed by atoms with Crippen LogP contribution in [-0.4, -0.2) is 41.4 Å². The van der Waals surface area contributed by atoms with E-state index < -0.39 is 0 Å². The molecule has 0 spiro atoms. The van der Waals surface area contributed by atoms with Gasteiger partial charge in [0.05, 0.1) is 13.7 Å². The maximum Gasteiger partial charge on any atom is 0.275 e. The van der Waals surface area contributed by atoms with Gasteiger partial charge in [0.2, 0.25) is 5.89 Å². The van der Waals surface area contributed by atoms with Crippen LogP contribution in [0.2, 0.25) is 0 Å². The van der Waals surface area contributed by atoms with E-state index >= 15 is 0 Å². The van der Waals surface area contributed by atoms with Crippen LogP contribution in [0.3, 0.4) is 0 Å². The van der Waals surface area contributed by atoms with Crippen LogP contribution in [0.5, 0.6) is 5.75 Å². The van der Waals surface area contributed by atoms with Gasteiger partial charge >= 0.3 is 0 Å². The molecule has 30 heavy (non-hydrogen) atoms. The predicted octanol–water partition coefficient (Wildman–Crippen LogP) is 4.54. The van der Waals surface area contributed by atoms with Crippen molar-refractivity contribution in [1.82, 2.24) is 14.8 Å². The van der Waals surface area contributed by atoms with Crippen molar-refractivity contribution in [3.8, 4) is 5.75 Å². The van der Waals surface area contributed by atoms with E-state index in [2.05, 4.69) is 35.0 Å². The molecular weight excluding hydrogens is 378 g/mol. The molecular formula is C24H29N3O3. The first-order valence-electron chi connectivity index (χ1n) is 10.1. The van der Waals surface area contributed by atoms with Crippen LogP contribution in [0.1, 0.15) is 47.4 Å².